The molecule has 1 unspecified atom stereocenters. The largest absolute Gasteiger partial charge is 0.497 e. The SMILES string of the molecule is COc1ccc(COc2nc3c(cc(Br)c4ncccc43)c(-c3ccc(F)c4nn(C5CCCCO5)cc34)c2N)cc1. The molecular weight excluding hydrogens is 601 g/mol. The van der Waals surface area contributed by atoms with Gasteiger partial charge in [-0.1, -0.05) is 18.2 Å². The zero-order valence-electron chi connectivity index (χ0n) is 22.8. The molecule has 4 heterocycles. The molecule has 2 N–H and O–H groups in total. The van der Waals surface area contributed by atoms with Crippen LogP contribution in [0.2, 0.25) is 0 Å². The molecule has 1 aliphatic rings. The topological polar surface area (TPSA) is 97.3 Å². The van der Waals surface area contributed by atoms with Crippen LogP contribution in [0.1, 0.15) is 31.1 Å². The average molecular weight is 629 g/mol. The molecule has 8 nitrogen and oxygen atoms in total. The van der Waals surface area contributed by atoms with E-state index in [0.29, 0.717) is 28.8 Å². The highest BCUT2D eigenvalue weighted by Gasteiger charge is 2.24. The van der Waals surface area contributed by atoms with Crippen LogP contribution >= 0.6 is 15.9 Å². The maximum Gasteiger partial charge on any atom is 0.238 e. The van der Waals surface area contributed by atoms with E-state index in [4.69, 9.17) is 24.9 Å². The van der Waals surface area contributed by atoms with Crippen LogP contribution in [0.5, 0.6) is 11.6 Å². The van der Waals surface area contributed by atoms with Crippen LogP contribution < -0.4 is 15.2 Å². The van der Waals surface area contributed by atoms with Gasteiger partial charge < -0.3 is 19.9 Å². The molecule has 6 aromatic rings. The van der Waals surface area contributed by atoms with E-state index in [0.717, 1.165) is 56.9 Å². The molecular formula is C32H27BrFN5O3. The lowest BCUT2D eigenvalue weighted by molar-refractivity contribution is -0.0391. The van der Waals surface area contributed by atoms with Gasteiger partial charge in [0.25, 0.3) is 0 Å². The fourth-order valence-corrected chi connectivity index (χ4v) is 6.13. The maximum atomic E-state index is 15.2. The lowest BCUT2D eigenvalue weighted by Gasteiger charge is -2.22. The van der Waals surface area contributed by atoms with Gasteiger partial charge in [0.15, 0.2) is 5.82 Å². The third-order valence-corrected chi connectivity index (χ3v) is 8.30. The maximum absolute atomic E-state index is 15.2. The number of benzene rings is 3. The first-order valence-corrected chi connectivity index (χ1v) is 14.5. The van der Waals surface area contributed by atoms with E-state index in [1.165, 1.54) is 6.07 Å². The number of nitrogen functional groups attached to an aromatic ring is 1. The molecule has 0 bridgehead atoms. The average Bonchev–Trinajstić information content (AvgIpc) is 3.49. The molecule has 7 rings (SSSR count). The second-order valence-corrected chi connectivity index (χ2v) is 11.1. The van der Waals surface area contributed by atoms with Crippen molar-refractivity contribution in [2.45, 2.75) is 32.1 Å². The summed E-state index contributed by atoms with van der Waals surface area (Å²) in [6.45, 7) is 0.900. The number of fused-ring (bicyclic) bond motifs is 4. The number of halogens is 2. The van der Waals surface area contributed by atoms with Crippen molar-refractivity contribution in [3.05, 3.63) is 82.8 Å². The van der Waals surface area contributed by atoms with E-state index in [1.54, 1.807) is 24.1 Å². The van der Waals surface area contributed by atoms with E-state index in [1.807, 2.05) is 48.7 Å². The Hall–Kier alpha value is -4.28. The van der Waals surface area contributed by atoms with Crippen LogP contribution in [0.25, 0.3) is 43.8 Å². The first kappa shape index (κ1) is 26.6. The molecule has 3 aromatic carbocycles. The van der Waals surface area contributed by atoms with E-state index in [9.17, 15) is 0 Å². The highest BCUT2D eigenvalue weighted by Crippen LogP contribution is 2.45. The minimum Gasteiger partial charge on any atom is -0.497 e. The van der Waals surface area contributed by atoms with Crippen LogP contribution in [-0.2, 0) is 11.3 Å². The molecule has 212 valence electrons. The van der Waals surface area contributed by atoms with Crippen LogP contribution in [0, 0.1) is 5.82 Å². The lowest BCUT2D eigenvalue weighted by Crippen LogP contribution is -2.18. The smallest absolute Gasteiger partial charge is 0.238 e. The Bertz CT molecular complexity index is 1950. The Balaban J connectivity index is 1.44. The predicted molar refractivity (Wildman–Crippen MR) is 164 cm³/mol. The molecule has 1 fully saturated rings. The van der Waals surface area contributed by atoms with Gasteiger partial charge in [0.1, 0.15) is 29.8 Å². The normalized spacial score (nSPS) is 15.5. The fraction of sp³-hybridized carbons (Fsp3) is 0.219. The summed E-state index contributed by atoms with van der Waals surface area (Å²) in [5.74, 6) is 0.627. The second kappa shape index (κ2) is 10.8. The number of nitrogens with zero attached hydrogens (tertiary/aromatic N) is 4. The number of nitrogens with two attached hydrogens (primary N) is 1. The summed E-state index contributed by atoms with van der Waals surface area (Å²) in [5, 5.41) is 6.86. The number of hydrogen-bond donors (Lipinski definition) is 1. The summed E-state index contributed by atoms with van der Waals surface area (Å²) in [7, 11) is 1.63. The fourth-order valence-electron chi connectivity index (χ4n) is 5.58. The van der Waals surface area contributed by atoms with Gasteiger partial charge in [0.2, 0.25) is 5.88 Å². The summed E-state index contributed by atoms with van der Waals surface area (Å²) in [4.78, 5) is 9.47. The lowest BCUT2D eigenvalue weighted by atomic mass is 9.95. The molecule has 0 saturated carbocycles. The van der Waals surface area contributed by atoms with Crippen molar-refractivity contribution in [1.82, 2.24) is 19.7 Å². The second-order valence-electron chi connectivity index (χ2n) is 10.3. The van der Waals surface area contributed by atoms with Gasteiger partial charge in [-0.2, -0.15) is 5.10 Å². The first-order chi connectivity index (χ1) is 20.5. The van der Waals surface area contributed by atoms with Gasteiger partial charge in [-0.25, -0.2) is 14.1 Å². The molecule has 0 radical (unpaired) electrons. The quantitative estimate of drug-likeness (QED) is 0.190. The van der Waals surface area contributed by atoms with Gasteiger partial charge in [-0.3, -0.25) is 4.98 Å². The number of ether oxygens (including phenoxy) is 3. The number of hydrogen-bond acceptors (Lipinski definition) is 7. The van der Waals surface area contributed by atoms with E-state index < -0.39 is 5.82 Å². The zero-order valence-corrected chi connectivity index (χ0v) is 24.4. The number of aromatic nitrogens is 4. The summed E-state index contributed by atoms with van der Waals surface area (Å²) in [6.07, 6.45) is 6.21. The summed E-state index contributed by atoms with van der Waals surface area (Å²) < 4.78 is 35.2. The summed E-state index contributed by atoms with van der Waals surface area (Å²) in [6, 6.07) is 16.6. The molecule has 1 atom stereocenters. The highest BCUT2D eigenvalue weighted by atomic mass is 79.9. The van der Waals surface area contributed by atoms with Gasteiger partial charge in [0, 0.05) is 45.2 Å². The monoisotopic (exact) mass is 627 g/mol. The molecule has 1 aliphatic heterocycles. The molecule has 0 aliphatic carbocycles. The molecule has 1 saturated heterocycles. The van der Waals surface area contributed by atoms with E-state index in [2.05, 4.69) is 26.0 Å². The highest BCUT2D eigenvalue weighted by molar-refractivity contribution is 9.10. The van der Waals surface area contributed by atoms with Crippen molar-refractivity contribution in [2.75, 3.05) is 19.5 Å². The first-order valence-electron chi connectivity index (χ1n) is 13.7. The predicted octanol–water partition coefficient (Wildman–Crippen LogP) is 7.57. The Kier molecular flexibility index (Phi) is 6.87. The molecule has 0 amide bonds. The van der Waals surface area contributed by atoms with E-state index in [-0.39, 0.29) is 24.2 Å². The number of pyridine rings is 2. The van der Waals surface area contributed by atoms with Crippen molar-refractivity contribution in [1.29, 1.82) is 0 Å². The molecule has 10 heteroatoms. The third kappa shape index (κ3) is 4.60. The number of methoxy groups -OCH3 is 1. The number of rotatable bonds is 6. The van der Waals surface area contributed by atoms with Crippen molar-refractivity contribution in [3.63, 3.8) is 0 Å². The van der Waals surface area contributed by atoms with Gasteiger partial charge in [-0.05, 0) is 82.7 Å². The molecule has 0 spiro atoms. The Morgan fingerprint density at radius 2 is 1.90 bits per heavy atom. The Morgan fingerprint density at radius 1 is 1.05 bits per heavy atom. The minimum absolute atomic E-state index is 0.238. The van der Waals surface area contributed by atoms with Crippen LogP contribution in [-0.4, -0.2) is 33.5 Å². The van der Waals surface area contributed by atoms with E-state index >= 15 is 4.39 Å². The Labute approximate surface area is 249 Å². The summed E-state index contributed by atoms with van der Waals surface area (Å²) >= 11 is 3.69. The third-order valence-electron chi connectivity index (χ3n) is 7.70. The standard InChI is InChI=1S/C32H27BrFN5O3/c1-40-19-9-7-18(8-10-19)17-42-32-28(35)27(22-15-24(33)30-21(29(22)37-32)5-4-13-36-30)20-11-12-25(34)31-23(20)16-39(38-31)26-6-2-3-14-41-26/h4-5,7-13,15-16,26H,2-3,6,14,17,35H2,1H3. The number of anilines is 1. The molecule has 42 heavy (non-hydrogen) atoms. The Morgan fingerprint density at radius 3 is 2.69 bits per heavy atom. The van der Waals surface area contributed by atoms with Crippen LogP contribution in [0.4, 0.5) is 10.1 Å². The van der Waals surface area contributed by atoms with Crippen molar-refractivity contribution in [3.8, 4) is 22.8 Å². The van der Waals surface area contributed by atoms with Gasteiger partial charge in [0.05, 0.1) is 18.1 Å². The van der Waals surface area contributed by atoms with Gasteiger partial charge in [-0.15, -0.1) is 0 Å². The zero-order chi connectivity index (χ0) is 28.8. The summed E-state index contributed by atoms with van der Waals surface area (Å²) in [5.41, 5.74) is 11.3. The van der Waals surface area contributed by atoms with Crippen molar-refractivity contribution < 1.29 is 18.6 Å². The van der Waals surface area contributed by atoms with Crippen molar-refractivity contribution >= 4 is 54.3 Å². The van der Waals surface area contributed by atoms with Crippen LogP contribution in [0.15, 0.2) is 71.5 Å². The van der Waals surface area contributed by atoms with Crippen molar-refractivity contribution in [2.24, 2.45) is 0 Å². The minimum atomic E-state index is -0.410. The molecule has 3 aromatic heterocycles. The van der Waals surface area contributed by atoms with Gasteiger partial charge >= 0.3 is 0 Å². The van der Waals surface area contributed by atoms with Crippen LogP contribution in [0.3, 0.4) is 0 Å².